The lowest BCUT2D eigenvalue weighted by molar-refractivity contribution is 0.668. The van der Waals surface area contributed by atoms with E-state index in [1.54, 1.807) is 0 Å². The second-order valence-corrected chi connectivity index (χ2v) is 13.3. The smallest absolute Gasteiger partial charge is 0.164 e. The van der Waals surface area contributed by atoms with Crippen LogP contribution in [0.5, 0.6) is 0 Å². The molecule has 11 aromatic rings. The van der Waals surface area contributed by atoms with Crippen molar-refractivity contribution in [1.29, 1.82) is 0 Å². The molecule has 0 fully saturated rings. The summed E-state index contributed by atoms with van der Waals surface area (Å²) in [7, 11) is 0. The highest BCUT2D eigenvalue weighted by atomic mass is 16.3. The fraction of sp³-hybridized carbons (Fsp3) is 0. The molecule has 0 saturated carbocycles. The number of furan rings is 1. The summed E-state index contributed by atoms with van der Waals surface area (Å²) in [6, 6.07) is 59.3. The first-order valence-electron chi connectivity index (χ1n) is 17.4. The summed E-state index contributed by atoms with van der Waals surface area (Å²) in [6.07, 6.45) is 0. The first-order chi connectivity index (χ1) is 25.7. The molecular formula is C47H28N4O. The Morgan fingerprint density at radius 1 is 0.346 bits per heavy atom. The van der Waals surface area contributed by atoms with E-state index in [1.807, 2.05) is 30.3 Å². The zero-order valence-electron chi connectivity index (χ0n) is 27.9. The third-order valence-corrected chi connectivity index (χ3v) is 10.2. The molecule has 0 unspecified atom stereocenters. The van der Waals surface area contributed by atoms with Crippen molar-refractivity contribution >= 4 is 65.3 Å². The van der Waals surface area contributed by atoms with E-state index in [9.17, 15) is 0 Å². The van der Waals surface area contributed by atoms with E-state index < -0.39 is 0 Å². The summed E-state index contributed by atoms with van der Waals surface area (Å²) in [5.41, 5.74) is 7.74. The molecule has 5 heteroatoms. The number of rotatable bonds is 4. The van der Waals surface area contributed by atoms with Crippen LogP contribution in [-0.4, -0.2) is 19.5 Å². The molecule has 0 aliphatic heterocycles. The average Bonchev–Trinajstić information content (AvgIpc) is 3.74. The lowest BCUT2D eigenvalue weighted by atomic mass is 10.1. The minimum atomic E-state index is 0.595. The van der Waals surface area contributed by atoms with Crippen molar-refractivity contribution in [2.45, 2.75) is 0 Å². The summed E-state index contributed by atoms with van der Waals surface area (Å²) in [4.78, 5) is 15.0. The number of fused-ring (bicyclic) bond motifs is 8. The minimum absolute atomic E-state index is 0.595. The van der Waals surface area contributed by atoms with Crippen LogP contribution in [0.4, 0.5) is 0 Å². The Kier molecular flexibility index (Phi) is 6.18. The van der Waals surface area contributed by atoms with Gasteiger partial charge in [-0.05, 0) is 70.1 Å². The molecule has 0 radical (unpaired) electrons. The van der Waals surface area contributed by atoms with E-state index in [0.717, 1.165) is 55.2 Å². The highest BCUT2D eigenvalue weighted by molar-refractivity contribution is 6.14. The summed E-state index contributed by atoms with van der Waals surface area (Å²) >= 11 is 0. The third-order valence-electron chi connectivity index (χ3n) is 10.2. The second kappa shape index (κ2) is 11.2. The summed E-state index contributed by atoms with van der Waals surface area (Å²) in [5.74, 6) is 1.85. The van der Waals surface area contributed by atoms with Gasteiger partial charge in [-0.2, -0.15) is 0 Å². The number of hydrogen-bond acceptors (Lipinski definition) is 4. The number of aromatic nitrogens is 4. The molecule has 0 bridgehead atoms. The quantitative estimate of drug-likeness (QED) is 0.188. The molecule has 52 heavy (non-hydrogen) atoms. The Bertz CT molecular complexity index is 3190. The van der Waals surface area contributed by atoms with Gasteiger partial charge in [-0.1, -0.05) is 115 Å². The van der Waals surface area contributed by atoms with E-state index in [1.165, 1.54) is 32.4 Å². The van der Waals surface area contributed by atoms with Crippen LogP contribution in [-0.2, 0) is 0 Å². The molecule has 11 rings (SSSR count). The van der Waals surface area contributed by atoms with Gasteiger partial charge in [-0.3, -0.25) is 0 Å². The fourth-order valence-corrected chi connectivity index (χ4v) is 7.66. The highest BCUT2D eigenvalue weighted by Gasteiger charge is 2.17. The van der Waals surface area contributed by atoms with Gasteiger partial charge in [0.15, 0.2) is 17.5 Å². The van der Waals surface area contributed by atoms with Crippen molar-refractivity contribution in [3.8, 4) is 39.9 Å². The van der Waals surface area contributed by atoms with Crippen LogP contribution in [0.25, 0.3) is 105 Å². The number of benzene rings is 8. The number of nitrogens with zero attached hydrogens (tertiary/aromatic N) is 4. The van der Waals surface area contributed by atoms with Crippen LogP contribution in [0.1, 0.15) is 0 Å². The van der Waals surface area contributed by atoms with Crippen LogP contribution in [0, 0.1) is 0 Å². The Morgan fingerprint density at radius 3 is 1.71 bits per heavy atom. The molecule has 5 nitrogen and oxygen atoms in total. The molecule has 0 saturated heterocycles. The maximum absolute atomic E-state index is 6.64. The molecule has 3 heterocycles. The van der Waals surface area contributed by atoms with Crippen molar-refractivity contribution in [3.63, 3.8) is 0 Å². The summed E-state index contributed by atoms with van der Waals surface area (Å²) < 4.78 is 8.99. The van der Waals surface area contributed by atoms with Gasteiger partial charge < -0.3 is 8.98 Å². The maximum Gasteiger partial charge on any atom is 0.164 e. The van der Waals surface area contributed by atoms with Crippen LogP contribution in [0.2, 0.25) is 0 Å². The molecule has 0 aliphatic carbocycles. The fourth-order valence-electron chi connectivity index (χ4n) is 7.66. The van der Waals surface area contributed by atoms with Crippen LogP contribution < -0.4 is 0 Å². The summed E-state index contributed by atoms with van der Waals surface area (Å²) in [5, 5.41) is 9.34. The predicted octanol–water partition coefficient (Wildman–Crippen LogP) is 12.2. The van der Waals surface area contributed by atoms with E-state index in [4.69, 9.17) is 19.4 Å². The van der Waals surface area contributed by atoms with Gasteiger partial charge >= 0.3 is 0 Å². The third kappa shape index (κ3) is 4.53. The predicted molar refractivity (Wildman–Crippen MR) is 213 cm³/mol. The molecule has 3 aromatic heterocycles. The lowest BCUT2D eigenvalue weighted by Crippen LogP contribution is -2.00. The Hall–Kier alpha value is -7.11. The Morgan fingerprint density at radius 2 is 0.923 bits per heavy atom. The summed E-state index contributed by atoms with van der Waals surface area (Å²) in [6.45, 7) is 0. The van der Waals surface area contributed by atoms with Crippen molar-refractivity contribution in [3.05, 3.63) is 170 Å². The monoisotopic (exact) mass is 664 g/mol. The molecule has 8 aromatic carbocycles. The van der Waals surface area contributed by atoms with Gasteiger partial charge in [0.25, 0.3) is 0 Å². The lowest BCUT2D eigenvalue weighted by Gasteiger charge is -2.09. The van der Waals surface area contributed by atoms with Gasteiger partial charge in [-0.25, -0.2) is 15.0 Å². The van der Waals surface area contributed by atoms with Gasteiger partial charge in [0.2, 0.25) is 0 Å². The minimum Gasteiger partial charge on any atom is -0.456 e. The van der Waals surface area contributed by atoms with Crippen molar-refractivity contribution in [2.24, 2.45) is 0 Å². The Balaban J connectivity index is 1.06. The van der Waals surface area contributed by atoms with E-state index in [2.05, 4.69) is 144 Å². The van der Waals surface area contributed by atoms with Crippen molar-refractivity contribution < 1.29 is 4.42 Å². The van der Waals surface area contributed by atoms with Crippen LogP contribution in [0.3, 0.4) is 0 Å². The van der Waals surface area contributed by atoms with Gasteiger partial charge in [0, 0.05) is 50.0 Å². The first-order valence-corrected chi connectivity index (χ1v) is 17.4. The zero-order chi connectivity index (χ0) is 34.2. The average molecular weight is 665 g/mol. The largest absolute Gasteiger partial charge is 0.456 e. The topological polar surface area (TPSA) is 56.7 Å². The van der Waals surface area contributed by atoms with Gasteiger partial charge in [-0.15, -0.1) is 0 Å². The van der Waals surface area contributed by atoms with Gasteiger partial charge in [0.1, 0.15) is 11.2 Å². The first kappa shape index (κ1) is 28.7. The Labute approximate surface area is 298 Å². The molecular weight excluding hydrogens is 637 g/mol. The molecule has 0 spiro atoms. The standard InChI is InChI=1S/C47H28N4O/c1-2-11-30(12-3-1)45-48-46(34-19-18-29-10-4-5-13-31(29)24-34)50-47(49-45)35-20-22-38-39-23-21-36(28-44(39)52-43(38)27-35)51-41-17-9-8-16-37(41)40-25-32-14-6-7-15-33(32)26-42(40)51/h1-28H. The van der Waals surface area contributed by atoms with E-state index in [0.29, 0.717) is 17.5 Å². The molecule has 0 atom stereocenters. The number of hydrogen-bond donors (Lipinski definition) is 0. The second-order valence-electron chi connectivity index (χ2n) is 13.3. The zero-order valence-corrected chi connectivity index (χ0v) is 27.9. The molecule has 0 amide bonds. The maximum atomic E-state index is 6.64. The van der Waals surface area contributed by atoms with Crippen LogP contribution in [0.15, 0.2) is 174 Å². The van der Waals surface area contributed by atoms with Crippen molar-refractivity contribution in [2.75, 3.05) is 0 Å². The molecule has 0 aliphatic rings. The highest BCUT2D eigenvalue weighted by Crippen LogP contribution is 2.38. The molecule has 242 valence electrons. The number of para-hydroxylation sites is 1. The van der Waals surface area contributed by atoms with Crippen molar-refractivity contribution in [1.82, 2.24) is 19.5 Å². The van der Waals surface area contributed by atoms with E-state index in [-0.39, 0.29) is 0 Å². The van der Waals surface area contributed by atoms with Gasteiger partial charge in [0.05, 0.1) is 11.0 Å². The SMILES string of the molecule is c1ccc(-c2nc(-c3ccc4ccccc4c3)nc(-c3ccc4c(c3)oc3cc(-n5c6ccccc6c6cc7ccccc7cc65)ccc34)n2)cc1. The molecule has 0 N–H and O–H groups in total. The van der Waals surface area contributed by atoms with Crippen LogP contribution >= 0.6 is 0 Å². The normalized spacial score (nSPS) is 11.8. The van der Waals surface area contributed by atoms with E-state index >= 15 is 0 Å².